The van der Waals surface area contributed by atoms with Crippen LogP contribution in [0.25, 0.3) is 22.7 Å². The maximum absolute atomic E-state index is 14.6. The molecule has 0 saturated heterocycles. The normalized spacial score (nSPS) is 11.8. The van der Waals surface area contributed by atoms with Crippen molar-refractivity contribution in [2.75, 3.05) is 6.61 Å². The molecule has 0 aliphatic heterocycles. The lowest BCUT2D eigenvalue weighted by molar-refractivity contribution is 0.181. The standard InChI is InChI=1S/C22H18F2N4O5/c1-12(26-22(29)30)10-32-21-25-9-17-20(28-21)33-19(27-17)14-7-15(23)18(16(24)8-14)31-11-13-5-3-2-4-6-13/h2-9,12,26H,10-11H2,1H3,(H,29,30)/t12-/m0/s1. The Morgan fingerprint density at radius 3 is 2.58 bits per heavy atom. The molecule has 4 rings (SSSR count). The van der Waals surface area contributed by atoms with Gasteiger partial charge >= 0.3 is 12.1 Å². The van der Waals surface area contributed by atoms with E-state index in [1.54, 1.807) is 31.2 Å². The van der Waals surface area contributed by atoms with Crippen LogP contribution in [0.15, 0.2) is 53.1 Å². The third-order valence-corrected chi connectivity index (χ3v) is 4.43. The topological polar surface area (TPSA) is 120 Å². The molecule has 0 bridgehead atoms. The van der Waals surface area contributed by atoms with Crippen LogP contribution in [0.1, 0.15) is 12.5 Å². The van der Waals surface area contributed by atoms with Gasteiger partial charge in [-0.25, -0.2) is 23.5 Å². The van der Waals surface area contributed by atoms with Gasteiger partial charge in [-0.05, 0) is 24.6 Å². The Morgan fingerprint density at radius 1 is 1.15 bits per heavy atom. The Kier molecular flexibility index (Phi) is 6.29. The highest BCUT2D eigenvalue weighted by Gasteiger charge is 2.18. The van der Waals surface area contributed by atoms with Crippen molar-refractivity contribution in [3.05, 3.63) is 65.9 Å². The molecular weight excluding hydrogens is 438 g/mol. The maximum Gasteiger partial charge on any atom is 0.404 e. The van der Waals surface area contributed by atoms with E-state index in [0.29, 0.717) is 0 Å². The fourth-order valence-corrected chi connectivity index (χ4v) is 2.92. The predicted octanol–water partition coefficient (Wildman–Crippen LogP) is 4.18. The molecule has 2 N–H and O–H groups in total. The minimum absolute atomic E-state index is 0.00980. The number of carbonyl (C=O) groups is 1. The van der Waals surface area contributed by atoms with E-state index in [4.69, 9.17) is 19.0 Å². The highest BCUT2D eigenvalue weighted by molar-refractivity contribution is 5.72. The first kappa shape index (κ1) is 21.9. The highest BCUT2D eigenvalue weighted by atomic mass is 19.1. The quantitative estimate of drug-likeness (QED) is 0.405. The second-order valence-electron chi connectivity index (χ2n) is 7.07. The van der Waals surface area contributed by atoms with Crippen LogP contribution >= 0.6 is 0 Å². The lowest BCUT2D eigenvalue weighted by Gasteiger charge is -2.11. The summed E-state index contributed by atoms with van der Waals surface area (Å²) in [5, 5.41) is 10.9. The molecule has 0 aliphatic carbocycles. The van der Waals surface area contributed by atoms with Gasteiger partial charge in [0, 0.05) is 5.56 Å². The number of aromatic nitrogens is 3. The molecule has 11 heteroatoms. The molecule has 0 spiro atoms. The molecular formula is C22H18F2N4O5. The Bertz CT molecular complexity index is 1260. The zero-order chi connectivity index (χ0) is 23.4. The molecule has 2 aromatic heterocycles. The lowest BCUT2D eigenvalue weighted by Crippen LogP contribution is -2.35. The van der Waals surface area contributed by atoms with Gasteiger partial charge in [0.2, 0.25) is 5.89 Å². The number of rotatable bonds is 8. The Hall–Kier alpha value is -4.28. The van der Waals surface area contributed by atoms with E-state index in [9.17, 15) is 13.6 Å². The summed E-state index contributed by atoms with van der Waals surface area (Å²) in [7, 11) is 0. The molecule has 0 radical (unpaired) electrons. The van der Waals surface area contributed by atoms with Crippen LogP contribution in [0.3, 0.4) is 0 Å². The fraction of sp³-hybridized carbons (Fsp3) is 0.182. The molecule has 0 aliphatic rings. The second-order valence-corrected chi connectivity index (χ2v) is 7.07. The van der Waals surface area contributed by atoms with Gasteiger partial charge < -0.3 is 24.3 Å². The lowest BCUT2D eigenvalue weighted by atomic mass is 10.2. The van der Waals surface area contributed by atoms with Gasteiger partial charge in [0.1, 0.15) is 18.7 Å². The largest absolute Gasteiger partial charge is 0.483 e. The van der Waals surface area contributed by atoms with Crippen molar-refractivity contribution in [1.29, 1.82) is 0 Å². The van der Waals surface area contributed by atoms with Crippen molar-refractivity contribution >= 4 is 17.3 Å². The number of halogens is 2. The van der Waals surface area contributed by atoms with E-state index in [-0.39, 0.29) is 41.9 Å². The number of amides is 1. The number of ether oxygens (including phenoxy) is 2. The van der Waals surface area contributed by atoms with E-state index < -0.39 is 29.5 Å². The highest BCUT2D eigenvalue weighted by Crippen LogP contribution is 2.30. The van der Waals surface area contributed by atoms with Crippen LogP contribution in [0, 0.1) is 11.6 Å². The number of oxazole rings is 1. The van der Waals surface area contributed by atoms with Crippen molar-refractivity contribution in [3.63, 3.8) is 0 Å². The fourth-order valence-electron chi connectivity index (χ4n) is 2.92. The van der Waals surface area contributed by atoms with Crippen LogP contribution in [-0.4, -0.2) is 38.8 Å². The molecule has 4 aromatic rings. The second kappa shape index (κ2) is 9.47. The zero-order valence-electron chi connectivity index (χ0n) is 17.3. The number of fused-ring (bicyclic) bond motifs is 1. The minimum Gasteiger partial charge on any atom is -0.483 e. The predicted molar refractivity (Wildman–Crippen MR) is 112 cm³/mol. The minimum atomic E-state index is -1.18. The van der Waals surface area contributed by atoms with Crippen LogP contribution < -0.4 is 14.8 Å². The molecule has 1 amide bonds. The van der Waals surface area contributed by atoms with Gasteiger partial charge in [0.05, 0.1) is 12.2 Å². The summed E-state index contributed by atoms with van der Waals surface area (Å²) in [5.74, 6) is -2.38. The SMILES string of the molecule is C[C@@H](COc1ncc2nc(-c3cc(F)c(OCc4ccccc4)c(F)c3)oc2n1)NC(=O)O. The van der Waals surface area contributed by atoms with Gasteiger partial charge in [-0.15, -0.1) is 0 Å². The van der Waals surface area contributed by atoms with E-state index in [0.717, 1.165) is 17.7 Å². The first-order valence-corrected chi connectivity index (χ1v) is 9.81. The molecule has 0 unspecified atom stereocenters. The monoisotopic (exact) mass is 456 g/mol. The number of nitrogens with one attached hydrogen (secondary N) is 1. The van der Waals surface area contributed by atoms with E-state index >= 15 is 0 Å². The smallest absolute Gasteiger partial charge is 0.404 e. The molecule has 9 nitrogen and oxygen atoms in total. The van der Waals surface area contributed by atoms with E-state index in [2.05, 4.69) is 20.3 Å². The summed E-state index contributed by atoms with van der Waals surface area (Å²) < 4.78 is 45.3. The maximum atomic E-state index is 14.6. The first-order valence-electron chi connectivity index (χ1n) is 9.81. The third kappa shape index (κ3) is 5.32. The third-order valence-electron chi connectivity index (χ3n) is 4.43. The molecule has 2 aromatic carbocycles. The Balaban J connectivity index is 1.50. The summed E-state index contributed by atoms with van der Waals surface area (Å²) >= 11 is 0. The number of nitrogens with zero attached hydrogens (tertiary/aromatic N) is 3. The molecule has 33 heavy (non-hydrogen) atoms. The molecule has 2 heterocycles. The summed E-state index contributed by atoms with van der Waals surface area (Å²) in [6.07, 6.45) is 0.141. The summed E-state index contributed by atoms with van der Waals surface area (Å²) in [6, 6.07) is 10.5. The Morgan fingerprint density at radius 2 is 1.88 bits per heavy atom. The Labute approximate surface area is 186 Å². The number of benzene rings is 2. The van der Waals surface area contributed by atoms with Crippen LogP contribution in [0.5, 0.6) is 11.8 Å². The number of carboxylic acid groups (broad SMARTS) is 1. The van der Waals surface area contributed by atoms with Gasteiger partial charge in [0.25, 0.3) is 5.71 Å². The molecule has 0 fully saturated rings. The van der Waals surface area contributed by atoms with Crippen molar-refractivity contribution in [2.45, 2.75) is 19.6 Å². The summed E-state index contributed by atoms with van der Waals surface area (Å²) in [6.45, 7) is 1.60. The van der Waals surface area contributed by atoms with Gasteiger partial charge in [-0.1, -0.05) is 30.3 Å². The van der Waals surface area contributed by atoms with Crippen LogP contribution in [0.2, 0.25) is 0 Å². The van der Waals surface area contributed by atoms with Crippen LogP contribution in [-0.2, 0) is 6.61 Å². The van der Waals surface area contributed by atoms with Gasteiger partial charge in [-0.2, -0.15) is 4.98 Å². The first-order chi connectivity index (χ1) is 15.9. The summed E-state index contributed by atoms with van der Waals surface area (Å²) in [4.78, 5) is 22.8. The average Bonchev–Trinajstić information content (AvgIpc) is 3.21. The average molecular weight is 456 g/mol. The van der Waals surface area contributed by atoms with Crippen LogP contribution in [0.4, 0.5) is 13.6 Å². The number of hydrogen-bond acceptors (Lipinski definition) is 7. The number of hydrogen-bond donors (Lipinski definition) is 2. The van der Waals surface area contributed by atoms with Crippen molar-refractivity contribution in [3.8, 4) is 23.2 Å². The zero-order valence-corrected chi connectivity index (χ0v) is 17.3. The summed E-state index contributed by atoms with van der Waals surface area (Å²) in [5.41, 5.74) is 1.11. The van der Waals surface area contributed by atoms with Crippen molar-refractivity contribution in [2.24, 2.45) is 0 Å². The molecule has 170 valence electrons. The van der Waals surface area contributed by atoms with Crippen molar-refractivity contribution < 1.29 is 32.6 Å². The van der Waals surface area contributed by atoms with Crippen molar-refractivity contribution in [1.82, 2.24) is 20.3 Å². The van der Waals surface area contributed by atoms with E-state index in [1.165, 1.54) is 6.20 Å². The van der Waals surface area contributed by atoms with Gasteiger partial charge in [-0.3, -0.25) is 0 Å². The molecule has 1 atom stereocenters. The van der Waals surface area contributed by atoms with E-state index in [1.807, 2.05) is 6.07 Å². The molecule has 0 saturated carbocycles. The van der Waals surface area contributed by atoms with Gasteiger partial charge in [0.15, 0.2) is 17.4 Å².